The Morgan fingerprint density at radius 2 is 1.96 bits per heavy atom. The molecule has 0 aliphatic carbocycles. The minimum Gasteiger partial charge on any atom is -0.454 e. The predicted octanol–water partition coefficient (Wildman–Crippen LogP) is 3.24. The van der Waals surface area contributed by atoms with Crippen molar-refractivity contribution in [3.8, 4) is 0 Å². The maximum atomic E-state index is 12.7. The van der Waals surface area contributed by atoms with E-state index in [1.54, 1.807) is 0 Å². The van der Waals surface area contributed by atoms with Crippen LogP contribution in [0.5, 0.6) is 0 Å². The van der Waals surface area contributed by atoms with E-state index in [-0.39, 0.29) is 23.2 Å². The molecule has 0 radical (unpaired) electrons. The van der Waals surface area contributed by atoms with E-state index in [0.717, 1.165) is 31.4 Å². The predicted molar refractivity (Wildman–Crippen MR) is 91.1 cm³/mol. The maximum absolute atomic E-state index is 12.7. The Balaban J connectivity index is 1.87. The summed E-state index contributed by atoms with van der Waals surface area (Å²) >= 11 is 5.78. The van der Waals surface area contributed by atoms with Crippen molar-refractivity contribution < 1.29 is 32.3 Å². The highest BCUT2D eigenvalue weighted by Crippen LogP contribution is 2.33. The smallest absolute Gasteiger partial charge is 0.416 e. The summed E-state index contributed by atoms with van der Waals surface area (Å²) in [6, 6.07) is 2.49. The van der Waals surface area contributed by atoms with E-state index in [0.29, 0.717) is 19.0 Å². The van der Waals surface area contributed by atoms with Crippen molar-refractivity contribution >= 4 is 35.1 Å². The average Bonchev–Trinajstić information content (AvgIpc) is 2.79. The van der Waals surface area contributed by atoms with Gasteiger partial charge in [-0.15, -0.1) is 0 Å². The average molecular weight is 407 g/mol. The first kappa shape index (κ1) is 21.0. The second-order valence-corrected chi connectivity index (χ2v) is 6.43. The Labute approximate surface area is 158 Å². The topological polar surface area (TPSA) is 75.7 Å². The number of hydrogen-bond acceptors (Lipinski definition) is 4. The maximum Gasteiger partial charge on any atom is 0.416 e. The summed E-state index contributed by atoms with van der Waals surface area (Å²) in [7, 11) is 0. The van der Waals surface area contributed by atoms with Crippen LogP contribution in [0.2, 0.25) is 5.02 Å². The fourth-order valence-corrected chi connectivity index (χ4v) is 2.70. The van der Waals surface area contributed by atoms with Crippen LogP contribution in [0.4, 0.5) is 18.9 Å². The molecule has 0 saturated carbocycles. The summed E-state index contributed by atoms with van der Waals surface area (Å²) in [5, 5.41) is 2.09. The Morgan fingerprint density at radius 3 is 2.67 bits per heavy atom. The van der Waals surface area contributed by atoms with Crippen LogP contribution < -0.4 is 5.32 Å². The molecule has 0 bridgehead atoms. The molecule has 1 aliphatic heterocycles. The quantitative estimate of drug-likeness (QED) is 0.762. The number of ether oxygens (including phenoxy) is 1. The number of carbonyl (C=O) groups excluding carboxylic acids is 3. The van der Waals surface area contributed by atoms with E-state index < -0.39 is 30.2 Å². The van der Waals surface area contributed by atoms with Gasteiger partial charge in [0.25, 0.3) is 5.91 Å². The molecule has 0 spiro atoms. The first-order chi connectivity index (χ1) is 12.7. The number of rotatable bonds is 5. The highest BCUT2D eigenvalue weighted by atomic mass is 35.5. The van der Waals surface area contributed by atoms with E-state index in [1.165, 1.54) is 4.90 Å². The number of hydrogen-bond donors (Lipinski definition) is 1. The zero-order valence-corrected chi connectivity index (χ0v) is 15.0. The van der Waals surface area contributed by atoms with E-state index in [1.807, 2.05) is 0 Å². The number of esters is 1. The largest absolute Gasteiger partial charge is 0.454 e. The van der Waals surface area contributed by atoms with Crippen LogP contribution >= 0.6 is 11.6 Å². The summed E-state index contributed by atoms with van der Waals surface area (Å²) in [6.45, 7) is -0.524. The number of nitrogens with zero attached hydrogens (tertiary/aromatic N) is 1. The van der Waals surface area contributed by atoms with E-state index >= 15 is 0 Å². The summed E-state index contributed by atoms with van der Waals surface area (Å²) in [4.78, 5) is 36.8. The first-order valence-electron chi connectivity index (χ1n) is 8.27. The van der Waals surface area contributed by atoms with Gasteiger partial charge < -0.3 is 15.0 Å². The first-order valence-corrected chi connectivity index (χ1v) is 8.64. The molecule has 1 aliphatic rings. The standard InChI is InChI=1S/C17H18ClF3N2O4/c18-12-6-5-11(17(19,20)21)8-13(12)22-14(24)10-27-16(26)9-23-7-3-1-2-4-15(23)25/h5-6,8H,1-4,7,9-10H2,(H,22,24). The normalized spacial score (nSPS) is 15.3. The molecule has 1 heterocycles. The lowest BCUT2D eigenvalue weighted by molar-refractivity contribution is -0.151. The number of halogens is 4. The zero-order chi connectivity index (χ0) is 20.0. The van der Waals surface area contributed by atoms with Crippen molar-refractivity contribution in [2.24, 2.45) is 0 Å². The van der Waals surface area contributed by atoms with E-state index in [2.05, 4.69) is 5.32 Å². The zero-order valence-electron chi connectivity index (χ0n) is 14.3. The summed E-state index contributed by atoms with van der Waals surface area (Å²) in [6.07, 6.45) is -1.77. The van der Waals surface area contributed by atoms with Gasteiger partial charge in [0.2, 0.25) is 5.91 Å². The summed E-state index contributed by atoms with van der Waals surface area (Å²) < 4.78 is 42.9. The number of anilines is 1. The lowest BCUT2D eigenvalue weighted by Crippen LogP contribution is -2.36. The second-order valence-electron chi connectivity index (χ2n) is 6.03. The third-order valence-electron chi connectivity index (χ3n) is 3.92. The number of nitrogens with one attached hydrogen (secondary N) is 1. The molecule has 2 amide bonds. The van der Waals surface area contributed by atoms with Crippen molar-refractivity contribution in [3.05, 3.63) is 28.8 Å². The SMILES string of the molecule is O=C(COC(=O)CN1CCCCCC1=O)Nc1cc(C(F)(F)F)ccc1Cl. The molecule has 0 unspecified atom stereocenters. The van der Waals surface area contributed by atoms with Gasteiger partial charge in [0.1, 0.15) is 6.54 Å². The van der Waals surface area contributed by atoms with Crippen molar-refractivity contribution in [2.45, 2.75) is 31.9 Å². The molecule has 27 heavy (non-hydrogen) atoms. The molecular formula is C17H18ClF3N2O4. The molecular weight excluding hydrogens is 389 g/mol. The van der Waals surface area contributed by atoms with Crippen LogP contribution in [0.3, 0.4) is 0 Å². The second kappa shape index (κ2) is 9.07. The van der Waals surface area contributed by atoms with Crippen LogP contribution in [0, 0.1) is 0 Å². The molecule has 2 rings (SSSR count). The molecule has 0 aromatic heterocycles. The molecule has 1 saturated heterocycles. The molecule has 10 heteroatoms. The Hall–Kier alpha value is -2.29. The highest BCUT2D eigenvalue weighted by Gasteiger charge is 2.31. The lowest BCUT2D eigenvalue weighted by atomic mass is 10.2. The number of carbonyl (C=O) groups is 3. The van der Waals surface area contributed by atoms with Crippen LogP contribution in [-0.4, -0.2) is 42.4 Å². The van der Waals surface area contributed by atoms with Gasteiger partial charge in [-0.3, -0.25) is 14.4 Å². The van der Waals surface area contributed by atoms with Crippen LogP contribution in [0.25, 0.3) is 0 Å². The van der Waals surface area contributed by atoms with Gasteiger partial charge in [-0.1, -0.05) is 18.0 Å². The van der Waals surface area contributed by atoms with Crippen LogP contribution in [0.1, 0.15) is 31.2 Å². The third kappa shape index (κ3) is 6.42. The fourth-order valence-electron chi connectivity index (χ4n) is 2.54. The number of benzene rings is 1. The van der Waals surface area contributed by atoms with E-state index in [4.69, 9.17) is 16.3 Å². The van der Waals surface area contributed by atoms with Gasteiger partial charge >= 0.3 is 12.1 Å². The van der Waals surface area contributed by atoms with Gasteiger partial charge in [0.15, 0.2) is 6.61 Å². The van der Waals surface area contributed by atoms with Gasteiger partial charge in [-0.2, -0.15) is 13.2 Å². The minimum absolute atomic E-state index is 0.0853. The Bertz CT molecular complexity index is 725. The number of amides is 2. The lowest BCUT2D eigenvalue weighted by Gasteiger charge is -2.19. The molecule has 6 nitrogen and oxygen atoms in total. The minimum atomic E-state index is -4.59. The fraction of sp³-hybridized carbons (Fsp3) is 0.471. The van der Waals surface area contributed by atoms with Crippen molar-refractivity contribution in [2.75, 3.05) is 25.0 Å². The van der Waals surface area contributed by atoms with Gasteiger partial charge in [-0.05, 0) is 31.0 Å². The van der Waals surface area contributed by atoms with Crippen molar-refractivity contribution in [1.82, 2.24) is 4.90 Å². The number of alkyl halides is 3. The molecule has 1 aromatic carbocycles. The summed E-state index contributed by atoms with van der Waals surface area (Å²) in [5.74, 6) is -1.76. The third-order valence-corrected chi connectivity index (χ3v) is 4.25. The van der Waals surface area contributed by atoms with Gasteiger partial charge in [0.05, 0.1) is 16.3 Å². The molecule has 148 valence electrons. The van der Waals surface area contributed by atoms with Crippen molar-refractivity contribution in [3.63, 3.8) is 0 Å². The van der Waals surface area contributed by atoms with Gasteiger partial charge in [-0.25, -0.2) is 0 Å². The van der Waals surface area contributed by atoms with Crippen molar-refractivity contribution in [1.29, 1.82) is 0 Å². The molecule has 0 atom stereocenters. The van der Waals surface area contributed by atoms with Crippen LogP contribution in [-0.2, 0) is 25.3 Å². The molecule has 1 aromatic rings. The monoisotopic (exact) mass is 406 g/mol. The Morgan fingerprint density at radius 1 is 1.22 bits per heavy atom. The molecule has 1 N–H and O–H groups in total. The van der Waals surface area contributed by atoms with Crippen LogP contribution in [0.15, 0.2) is 18.2 Å². The Kier molecular flexibility index (Phi) is 7.06. The van der Waals surface area contributed by atoms with E-state index in [9.17, 15) is 27.6 Å². The number of likely N-dealkylation sites (tertiary alicyclic amines) is 1. The molecule has 1 fully saturated rings. The summed E-state index contributed by atoms with van der Waals surface area (Å²) in [5.41, 5.74) is -1.21. The van der Waals surface area contributed by atoms with Gasteiger partial charge in [0, 0.05) is 13.0 Å². The highest BCUT2D eigenvalue weighted by molar-refractivity contribution is 6.33.